The Morgan fingerprint density at radius 1 is 0.946 bits per heavy atom. The van der Waals surface area contributed by atoms with Gasteiger partial charge < -0.3 is 11.1 Å². The van der Waals surface area contributed by atoms with Gasteiger partial charge in [0.05, 0.1) is 17.8 Å². The Morgan fingerprint density at radius 3 is 2.51 bits per heavy atom. The molecule has 0 saturated carbocycles. The van der Waals surface area contributed by atoms with Crippen LogP contribution < -0.4 is 11.1 Å². The molecule has 0 aliphatic rings. The summed E-state index contributed by atoms with van der Waals surface area (Å²) in [6, 6.07) is 26.7. The zero-order valence-electron chi connectivity index (χ0n) is 20.3. The number of carbonyl (C=O) groups is 1. The SMILES string of the molecule is CC(=O)NCc1ccc(-c2cc(-c3ccc4cn(Cc5ccccc5)nc4c3)c3c(N)ncnn23)cc1. The predicted octanol–water partition coefficient (Wildman–Crippen LogP) is 4.68. The van der Waals surface area contributed by atoms with Crippen LogP contribution in [-0.2, 0) is 17.9 Å². The molecule has 8 nitrogen and oxygen atoms in total. The minimum atomic E-state index is -0.0552. The largest absolute Gasteiger partial charge is 0.382 e. The minimum absolute atomic E-state index is 0.0552. The van der Waals surface area contributed by atoms with Gasteiger partial charge in [-0.05, 0) is 28.8 Å². The van der Waals surface area contributed by atoms with Gasteiger partial charge in [-0.1, -0.05) is 66.7 Å². The third kappa shape index (κ3) is 4.40. The molecule has 3 N–H and O–H groups in total. The predicted molar refractivity (Wildman–Crippen MR) is 145 cm³/mol. The van der Waals surface area contributed by atoms with Gasteiger partial charge in [0.15, 0.2) is 5.82 Å². The van der Waals surface area contributed by atoms with Crippen LogP contribution in [0.1, 0.15) is 18.1 Å². The monoisotopic (exact) mass is 487 g/mol. The average molecular weight is 488 g/mol. The lowest BCUT2D eigenvalue weighted by Crippen LogP contribution is -2.18. The van der Waals surface area contributed by atoms with Crippen molar-refractivity contribution in [2.24, 2.45) is 0 Å². The number of anilines is 1. The van der Waals surface area contributed by atoms with Crippen LogP contribution in [0.15, 0.2) is 91.4 Å². The van der Waals surface area contributed by atoms with E-state index in [0.29, 0.717) is 18.9 Å². The molecule has 6 aromatic rings. The van der Waals surface area contributed by atoms with Gasteiger partial charge >= 0.3 is 0 Å². The number of fused-ring (bicyclic) bond motifs is 2. The third-order valence-electron chi connectivity index (χ3n) is 6.43. The summed E-state index contributed by atoms with van der Waals surface area (Å²) in [5.41, 5.74) is 14.0. The van der Waals surface area contributed by atoms with Gasteiger partial charge in [0.2, 0.25) is 5.91 Å². The van der Waals surface area contributed by atoms with Crippen molar-refractivity contribution in [2.45, 2.75) is 20.0 Å². The van der Waals surface area contributed by atoms with Crippen molar-refractivity contribution in [1.82, 2.24) is 29.7 Å². The summed E-state index contributed by atoms with van der Waals surface area (Å²) in [6.07, 6.45) is 3.53. The summed E-state index contributed by atoms with van der Waals surface area (Å²) < 4.78 is 3.80. The molecule has 37 heavy (non-hydrogen) atoms. The van der Waals surface area contributed by atoms with Crippen LogP contribution in [0.4, 0.5) is 5.82 Å². The smallest absolute Gasteiger partial charge is 0.217 e. The number of hydrogen-bond acceptors (Lipinski definition) is 5. The third-order valence-corrected chi connectivity index (χ3v) is 6.43. The molecule has 0 spiro atoms. The van der Waals surface area contributed by atoms with Crippen molar-refractivity contribution in [2.75, 3.05) is 5.73 Å². The van der Waals surface area contributed by atoms with E-state index in [9.17, 15) is 4.79 Å². The Hall–Kier alpha value is -4.98. The van der Waals surface area contributed by atoms with Gasteiger partial charge in [-0.15, -0.1) is 0 Å². The molecule has 0 fully saturated rings. The first-order valence-corrected chi connectivity index (χ1v) is 12.0. The second-order valence-electron chi connectivity index (χ2n) is 9.04. The first-order chi connectivity index (χ1) is 18.0. The lowest BCUT2D eigenvalue weighted by Gasteiger charge is -2.06. The molecule has 3 aromatic carbocycles. The highest BCUT2D eigenvalue weighted by Crippen LogP contribution is 2.35. The lowest BCUT2D eigenvalue weighted by molar-refractivity contribution is -0.119. The van der Waals surface area contributed by atoms with Crippen molar-refractivity contribution < 1.29 is 4.79 Å². The summed E-state index contributed by atoms with van der Waals surface area (Å²) in [5, 5.41) is 13.2. The van der Waals surface area contributed by atoms with Gasteiger partial charge in [0, 0.05) is 36.2 Å². The number of nitrogens with one attached hydrogen (secondary N) is 1. The zero-order chi connectivity index (χ0) is 25.4. The summed E-state index contributed by atoms with van der Waals surface area (Å²) in [6.45, 7) is 2.71. The lowest BCUT2D eigenvalue weighted by atomic mass is 10.0. The number of aromatic nitrogens is 5. The maximum Gasteiger partial charge on any atom is 0.217 e. The van der Waals surface area contributed by atoms with Crippen molar-refractivity contribution in [3.05, 3.63) is 103 Å². The highest BCUT2D eigenvalue weighted by molar-refractivity contribution is 5.95. The molecular formula is C29H25N7O. The fraction of sp³-hybridized carbons (Fsp3) is 0.103. The van der Waals surface area contributed by atoms with Crippen molar-refractivity contribution in [3.8, 4) is 22.4 Å². The molecule has 3 heterocycles. The van der Waals surface area contributed by atoms with Crippen molar-refractivity contribution in [1.29, 1.82) is 0 Å². The van der Waals surface area contributed by atoms with Gasteiger partial charge in [0.1, 0.15) is 11.8 Å². The fourth-order valence-corrected chi connectivity index (χ4v) is 4.60. The molecule has 6 rings (SSSR count). The summed E-state index contributed by atoms with van der Waals surface area (Å²) in [7, 11) is 0. The number of nitrogens with zero attached hydrogens (tertiary/aromatic N) is 5. The summed E-state index contributed by atoms with van der Waals surface area (Å²) in [4.78, 5) is 15.5. The molecule has 0 aliphatic heterocycles. The molecule has 0 radical (unpaired) electrons. The molecule has 1 amide bonds. The number of amides is 1. The first-order valence-electron chi connectivity index (χ1n) is 12.0. The Labute approximate surface area is 213 Å². The van der Waals surface area contributed by atoms with E-state index in [0.717, 1.165) is 44.4 Å². The van der Waals surface area contributed by atoms with Crippen LogP contribution in [0.3, 0.4) is 0 Å². The second-order valence-corrected chi connectivity index (χ2v) is 9.04. The fourth-order valence-electron chi connectivity index (χ4n) is 4.60. The first kappa shape index (κ1) is 22.5. The standard InChI is InChI=1S/C29H25N7O/c1-19(37)31-15-20-7-9-22(10-8-20)27-14-25(28-29(30)32-18-33-36(27)28)23-11-12-24-17-35(34-26(24)13-23)16-21-5-3-2-4-6-21/h2-14,17-18H,15-16H2,1H3,(H,31,37)(H2,30,32,33). The molecule has 0 atom stereocenters. The maximum atomic E-state index is 11.2. The van der Waals surface area contributed by atoms with Crippen LogP contribution in [0.25, 0.3) is 38.8 Å². The molecule has 0 bridgehead atoms. The molecule has 0 saturated heterocycles. The molecule has 182 valence electrons. The Kier molecular flexibility index (Phi) is 5.61. The number of nitrogens with two attached hydrogens (primary N) is 1. The van der Waals surface area contributed by atoms with Crippen molar-refractivity contribution in [3.63, 3.8) is 0 Å². The zero-order valence-corrected chi connectivity index (χ0v) is 20.3. The highest BCUT2D eigenvalue weighted by atomic mass is 16.1. The molecule has 3 aromatic heterocycles. The quantitative estimate of drug-likeness (QED) is 0.355. The van der Waals surface area contributed by atoms with Crippen LogP contribution in [-0.4, -0.2) is 30.3 Å². The number of hydrogen-bond donors (Lipinski definition) is 2. The van der Waals surface area contributed by atoms with Gasteiger partial charge in [-0.25, -0.2) is 9.50 Å². The molecule has 0 aliphatic carbocycles. The Morgan fingerprint density at radius 2 is 1.73 bits per heavy atom. The number of carbonyl (C=O) groups excluding carboxylic acids is 1. The van der Waals surface area contributed by atoms with E-state index >= 15 is 0 Å². The van der Waals surface area contributed by atoms with Crippen molar-refractivity contribution >= 4 is 28.1 Å². The topological polar surface area (TPSA) is 103 Å². The average Bonchev–Trinajstić information content (AvgIpc) is 3.50. The summed E-state index contributed by atoms with van der Waals surface area (Å²) in [5.74, 6) is 0.355. The highest BCUT2D eigenvalue weighted by Gasteiger charge is 2.17. The molecule has 0 unspecified atom stereocenters. The van der Waals surface area contributed by atoms with Gasteiger partial charge in [-0.2, -0.15) is 10.2 Å². The Bertz CT molecular complexity index is 1730. The molecular weight excluding hydrogens is 462 g/mol. The number of rotatable bonds is 6. The normalized spacial score (nSPS) is 11.3. The van der Waals surface area contributed by atoms with Crippen LogP contribution in [0, 0.1) is 0 Å². The van der Waals surface area contributed by atoms with Crippen LogP contribution in [0.5, 0.6) is 0 Å². The maximum absolute atomic E-state index is 11.2. The molecule has 8 heteroatoms. The Balaban J connectivity index is 1.39. The van der Waals surface area contributed by atoms with E-state index in [-0.39, 0.29) is 5.91 Å². The van der Waals surface area contributed by atoms with Gasteiger partial charge in [-0.3, -0.25) is 9.48 Å². The van der Waals surface area contributed by atoms with E-state index in [2.05, 4.69) is 58.0 Å². The van der Waals surface area contributed by atoms with Gasteiger partial charge in [0.25, 0.3) is 0 Å². The van der Waals surface area contributed by atoms with E-state index in [1.165, 1.54) is 18.8 Å². The number of nitrogen functional groups attached to an aromatic ring is 1. The van der Waals surface area contributed by atoms with E-state index < -0.39 is 0 Å². The van der Waals surface area contributed by atoms with E-state index in [4.69, 9.17) is 10.8 Å². The van der Waals surface area contributed by atoms with Crippen LogP contribution >= 0.6 is 0 Å². The van der Waals surface area contributed by atoms with E-state index in [1.54, 1.807) is 0 Å². The van der Waals surface area contributed by atoms with Crippen LogP contribution in [0.2, 0.25) is 0 Å². The second kappa shape index (κ2) is 9.23. The minimum Gasteiger partial charge on any atom is -0.382 e. The summed E-state index contributed by atoms with van der Waals surface area (Å²) >= 11 is 0. The number of benzene rings is 3. The van der Waals surface area contributed by atoms with E-state index in [1.807, 2.05) is 51.7 Å².